The van der Waals surface area contributed by atoms with Crippen molar-refractivity contribution in [3.05, 3.63) is 103 Å². The monoisotopic (exact) mass is 416 g/mol. The van der Waals surface area contributed by atoms with Gasteiger partial charge in [-0.3, -0.25) is 0 Å². The number of rotatable bonds is 5. The number of aromatic hydroxyl groups is 1. The molecule has 0 fully saturated rings. The predicted octanol–water partition coefficient (Wildman–Crippen LogP) is 6.33. The second kappa shape index (κ2) is 9.20. The summed E-state index contributed by atoms with van der Waals surface area (Å²) >= 11 is 0. The van der Waals surface area contributed by atoms with Crippen molar-refractivity contribution in [2.45, 2.75) is 0 Å². The van der Waals surface area contributed by atoms with Crippen LogP contribution in [0.3, 0.4) is 0 Å². The third-order valence-corrected chi connectivity index (χ3v) is 4.59. The SMILES string of the molecule is O=C(O)c1ccc(-c2ccccc2)c(-c2ccccc2)c1Oc1ccc(O)cc1.S. The highest BCUT2D eigenvalue weighted by molar-refractivity contribution is 7.59. The summed E-state index contributed by atoms with van der Waals surface area (Å²) in [4.78, 5) is 12.0. The maximum atomic E-state index is 12.0. The quantitative estimate of drug-likeness (QED) is 0.399. The molecule has 150 valence electrons. The standard InChI is InChI=1S/C25H18O4.H2S/c26-19-11-13-20(14-12-19)29-24-22(25(27)28)16-15-21(17-7-3-1-4-8-17)23(24)18-9-5-2-6-10-18;/h1-16,26H,(H,27,28);1H2. The molecule has 0 spiro atoms. The summed E-state index contributed by atoms with van der Waals surface area (Å²) in [6.45, 7) is 0. The molecule has 30 heavy (non-hydrogen) atoms. The lowest BCUT2D eigenvalue weighted by molar-refractivity contribution is 0.0694. The van der Waals surface area contributed by atoms with Gasteiger partial charge < -0.3 is 14.9 Å². The van der Waals surface area contributed by atoms with Crippen molar-refractivity contribution in [2.24, 2.45) is 0 Å². The van der Waals surface area contributed by atoms with Crippen LogP contribution in [0.2, 0.25) is 0 Å². The molecule has 0 heterocycles. The average molecular weight is 416 g/mol. The van der Waals surface area contributed by atoms with Crippen LogP contribution in [0.1, 0.15) is 10.4 Å². The molecule has 4 rings (SSSR count). The minimum atomic E-state index is -1.07. The van der Waals surface area contributed by atoms with E-state index in [0.717, 1.165) is 16.7 Å². The van der Waals surface area contributed by atoms with E-state index in [1.165, 1.54) is 12.1 Å². The van der Waals surface area contributed by atoms with Crippen LogP contribution >= 0.6 is 13.5 Å². The lowest BCUT2D eigenvalue weighted by atomic mass is 9.91. The van der Waals surface area contributed by atoms with Crippen LogP contribution < -0.4 is 4.74 Å². The fourth-order valence-electron chi connectivity index (χ4n) is 3.24. The largest absolute Gasteiger partial charge is 0.508 e. The van der Waals surface area contributed by atoms with E-state index in [2.05, 4.69) is 0 Å². The van der Waals surface area contributed by atoms with Crippen LogP contribution in [0, 0.1) is 0 Å². The van der Waals surface area contributed by atoms with E-state index in [0.29, 0.717) is 11.3 Å². The Hall–Kier alpha value is -3.70. The van der Waals surface area contributed by atoms with Crippen LogP contribution in [0.4, 0.5) is 0 Å². The molecule has 4 nitrogen and oxygen atoms in total. The Kier molecular flexibility index (Phi) is 6.45. The van der Waals surface area contributed by atoms with Gasteiger partial charge in [0.15, 0.2) is 0 Å². The lowest BCUT2D eigenvalue weighted by Crippen LogP contribution is -2.03. The predicted molar refractivity (Wildman–Crippen MR) is 123 cm³/mol. The van der Waals surface area contributed by atoms with E-state index < -0.39 is 5.97 Å². The van der Waals surface area contributed by atoms with Gasteiger partial charge >= 0.3 is 5.97 Å². The maximum absolute atomic E-state index is 12.0. The molecular weight excluding hydrogens is 396 g/mol. The number of carbonyl (C=O) groups is 1. The molecule has 0 amide bonds. The number of hydrogen-bond acceptors (Lipinski definition) is 3. The van der Waals surface area contributed by atoms with Crippen molar-refractivity contribution in [3.8, 4) is 39.5 Å². The first-order valence-electron chi connectivity index (χ1n) is 9.11. The van der Waals surface area contributed by atoms with Crippen molar-refractivity contribution in [1.82, 2.24) is 0 Å². The summed E-state index contributed by atoms with van der Waals surface area (Å²) < 4.78 is 6.08. The van der Waals surface area contributed by atoms with Gasteiger partial charge in [0.1, 0.15) is 22.8 Å². The highest BCUT2D eigenvalue weighted by Gasteiger charge is 2.22. The smallest absolute Gasteiger partial charge is 0.339 e. The molecule has 0 saturated carbocycles. The Morgan fingerprint density at radius 2 is 1.27 bits per heavy atom. The summed E-state index contributed by atoms with van der Waals surface area (Å²) in [7, 11) is 0. The summed E-state index contributed by atoms with van der Waals surface area (Å²) in [5.41, 5.74) is 3.44. The zero-order valence-electron chi connectivity index (χ0n) is 15.9. The Bertz CT molecular complexity index is 1140. The molecule has 0 bridgehead atoms. The van der Waals surface area contributed by atoms with Crippen molar-refractivity contribution in [3.63, 3.8) is 0 Å². The number of carboxylic acids is 1. The summed E-state index contributed by atoms with van der Waals surface area (Å²) in [5, 5.41) is 19.3. The van der Waals surface area contributed by atoms with Crippen molar-refractivity contribution < 1.29 is 19.7 Å². The Balaban J connectivity index is 0.00000256. The van der Waals surface area contributed by atoms with E-state index in [4.69, 9.17) is 4.74 Å². The van der Waals surface area contributed by atoms with Gasteiger partial charge in [0.05, 0.1) is 0 Å². The molecular formula is C25H20O4S. The zero-order valence-corrected chi connectivity index (χ0v) is 16.9. The van der Waals surface area contributed by atoms with Crippen molar-refractivity contribution >= 4 is 19.5 Å². The maximum Gasteiger partial charge on any atom is 0.339 e. The van der Waals surface area contributed by atoms with Gasteiger partial charge in [0.2, 0.25) is 0 Å². The van der Waals surface area contributed by atoms with Gasteiger partial charge in [-0.15, -0.1) is 0 Å². The normalized spacial score (nSPS) is 10.1. The third-order valence-electron chi connectivity index (χ3n) is 4.59. The van der Waals surface area contributed by atoms with Gasteiger partial charge in [-0.25, -0.2) is 4.79 Å². The second-order valence-electron chi connectivity index (χ2n) is 6.50. The van der Waals surface area contributed by atoms with E-state index in [-0.39, 0.29) is 30.6 Å². The number of phenolic OH excluding ortho intramolecular Hbond substituents is 1. The second-order valence-corrected chi connectivity index (χ2v) is 6.50. The van der Waals surface area contributed by atoms with Gasteiger partial charge in [-0.05, 0) is 47.0 Å². The summed E-state index contributed by atoms with van der Waals surface area (Å²) in [5.74, 6) is -0.267. The van der Waals surface area contributed by atoms with Gasteiger partial charge in [-0.1, -0.05) is 66.7 Å². The number of ether oxygens (including phenoxy) is 1. The van der Waals surface area contributed by atoms with E-state index in [1.54, 1.807) is 18.2 Å². The molecule has 0 aliphatic carbocycles. The van der Waals surface area contributed by atoms with Gasteiger partial charge in [-0.2, -0.15) is 13.5 Å². The van der Waals surface area contributed by atoms with E-state index >= 15 is 0 Å². The molecule has 0 saturated heterocycles. The highest BCUT2D eigenvalue weighted by atomic mass is 32.1. The molecule has 0 atom stereocenters. The van der Waals surface area contributed by atoms with Crippen molar-refractivity contribution in [2.75, 3.05) is 0 Å². The Morgan fingerprint density at radius 3 is 1.83 bits per heavy atom. The minimum Gasteiger partial charge on any atom is -0.508 e. The van der Waals surface area contributed by atoms with Crippen LogP contribution in [-0.2, 0) is 0 Å². The van der Waals surface area contributed by atoms with Gasteiger partial charge in [0, 0.05) is 5.56 Å². The third kappa shape index (κ3) is 4.31. The van der Waals surface area contributed by atoms with Crippen LogP contribution in [0.25, 0.3) is 22.3 Å². The number of aromatic carboxylic acids is 1. The van der Waals surface area contributed by atoms with Gasteiger partial charge in [0.25, 0.3) is 0 Å². The molecule has 0 unspecified atom stereocenters. The highest BCUT2D eigenvalue weighted by Crippen LogP contribution is 2.43. The Morgan fingerprint density at radius 1 is 0.700 bits per heavy atom. The molecule has 2 N–H and O–H groups in total. The molecule has 4 aromatic carbocycles. The first-order chi connectivity index (χ1) is 14.1. The number of hydrogen-bond donors (Lipinski definition) is 2. The first kappa shape index (κ1) is 21.0. The fraction of sp³-hybridized carbons (Fsp3) is 0. The summed E-state index contributed by atoms with van der Waals surface area (Å²) in [6, 6.07) is 28.9. The molecule has 5 heteroatoms. The van der Waals surface area contributed by atoms with Crippen LogP contribution in [-0.4, -0.2) is 16.2 Å². The average Bonchev–Trinajstić information content (AvgIpc) is 2.76. The fourth-order valence-corrected chi connectivity index (χ4v) is 3.24. The van der Waals surface area contributed by atoms with Crippen LogP contribution in [0.5, 0.6) is 17.2 Å². The number of carboxylic acid groups (broad SMARTS) is 1. The molecule has 4 aromatic rings. The van der Waals surface area contributed by atoms with E-state index in [1.807, 2.05) is 66.7 Å². The first-order valence-corrected chi connectivity index (χ1v) is 9.11. The Labute approximate surface area is 181 Å². The van der Waals surface area contributed by atoms with Crippen molar-refractivity contribution in [1.29, 1.82) is 0 Å². The minimum absolute atomic E-state index is 0. The summed E-state index contributed by atoms with van der Waals surface area (Å²) in [6.07, 6.45) is 0. The molecule has 0 aromatic heterocycles. The topological polar surface area (TPSA) is 66.8 Å². The molecule has 0 radical (unpaired) electrons. The molecule has 0 aliphatic heterocycles. The van der Waals surface area contributed by atoms with E-state index in [9.17, 15) is 15.0 Å². The molecule has 0 aliphatic rings. The van der Waals surface area contributed by atoms with Crippen LogP contribution in [0.15, 0.2) is 97.1 Å². The number of phenols is 1. The number of benzene rings is 4. The lowest BCUT2D eigenvalue weighted by Gasteiger charge is -2.18. The zero-order chi connectivity index (χ0) is 20.2.